The molecule has 0 bridgehead atoms. The van der Waals surface area contributed by atoms with Crippen LogP contribution in [-0.2, 0) is 11.3 Å². The van der Waals surface area contributed by atoms with Crippen molar-refractivity contribution < 1.29 is 9.47 Å². The lowest BCUT2D eigenvalue weighted by atomic mass is 10.2. The van der Waals surface area contributed by atoms with Gasteiger partial charge in [0.05, 0.1) is 19.8 Å². The van der Waals surface area contributed by atoms with Crippen LogP contribution in [0.4, 0.5) is 0 Å². The molecule has 1 aromatic rings. The fraction of sp³-hybridized carbons (Fsp3) is 0.455. The zero-order chi connectivity index (χ0) is 9.68. The molecule has 0 saturated carbocycles. The second-order valence-corrected chi connectivity index (χ2v) is 3.17. The van der Waals surface area contributed by atoms with E-state index in [2.05, 4.69) is 0 Å². The molecular formula is C11H16O2. The van der Waals surface area contributed by atoms with Crippen LogP contribution in [0.5, 0.6) is 5.75 Å². The van der Waals surface area contributed by atoms with Gasteiger partial charge in [-0.05, 0) is 19.9 Å². The Balaban J connectivity index is 2.64. The Bertz CT molecular complexity index is 256. The van der Waals surface area contributed by atoms with E-state index in [4.69, 9.17) is 9.47 Å². The minimum atomic E-state index is 0.255. The number of hydrogen-bond acceptors (Lipinski definition) is 2. The van der Waals surface area contributed by atoms with Crippen LogP contribution in [0.25, 0.3) is 0 Å². The highest BCUT2D eigenvalue weighted by molar-refractivity contribution is 5.32. The van der Waals surface area contributed by atoms with Crippen molar-refractivity contribution in [3.63, 3.8) is 0 Å². The van der Waals surface area contributed by atoms with Gasteiger partial charge in [-0.15, -0.1) is 0 Å². The van der Waals surface area contributed by atoms with Gasteiger partial charge in [0.1, 0.15) is 5.75 Å². The van der Waals surface area contributed by atoms with E-state index in [1.807, 2.05) is 38.1 Å². The summed E-state index contributed by atoms with van der Waals surface area (Å²) in [5, 5.41) is 0. The summed E-state index contributed by atoms with van der Waals surface area (Å²) in [6.45, 7) is 4.66. The molecule has 2 heteroatoms. The minimum Gasteiger partial charge on any atom is -0.496 e. The van der Waals surface area contributed by atoms with Gasteiger partial charge in [-0.3, -0.25) is 0 Å². The van der Waals surface area contributed by atoms with Crippen LogP contribution in [0.3, 0.4) is 0 Å². The van der Waals surface area contributed by atoms with E-state index in [9.17, 15) is 0 Å². The van der Waals surface area contributed by atoms with Crippen molar-refractivity contribution >= 4 is 0 Å². The summed E-state index contributed by atoms with van der Waals surface area (Å²) in [5.41, 5.74) is 1.10. The van der Waals surface area contributed by atoms with Crippen LogP contribution in [0.1, 0.15) is 19.4 Å². The van der Waals surface area contributed by atoms with Crippen LogP contribution in [0.2, 0.25) is 0 Å². The first kappa shape index (κ1) is 10.1. The Morgan fingerprint density at radius 1 is 1.23 bits per heavy atom. The number of para-hydroxylation sites is 1. The Hall–Kier alpha value is -1.02. The molecule has 0 spiro atoms. The van der Waals surface area contributed by atoms with Gasteiger partial charge < -0.3 is 9.47 Å². The lowest BCUT2D eigenvalue weighted by Crippen LogP contribution is -2.03. The van der Waals surface area contributed by atoms with Crippen LogP contribution in [-0.4, -0.2) is 13.2 Å². The smallest absolute Gasteiger partial charge is 0.124 e. The maximum atomic E-state index is 5.49. The topological polar surface area (TPSA) is 18.5 Å². The second kappa shape index (κ2) is 4.87. The lowest BCUT2D eigenvalue weighted by molar-refractivity contribution is 0.0644. The maximum Gasteiger partial charge on any atom is 0.124 e. The molecule has 0 atom stereocenters. The summed E-state index contributed by atoms with van der Waals surface area (Å²) in [7, 11) is 1.67. The quantitative estimate of drug-likeness (QED) is 0.709. The fourth-order valence-electron chi connectivity index (χ4n) is 1.08. The van der Waals surface area contributed by atoms with Crippen molar-refractivity contribution in [2.75, 3.05) is 7.11 Å². The summed E-state index contributed by atoms with van der Waals surface area (Å²) in [4.78, 5) is 0. The van der Waals surface area contributed by atoms with Gasteiger partial charge in [0.25, 0.3) is 0 Å². The fourth-order valence-corrected chi connectivity index (χ4v) is 1.08. The monoisotopic (exact) mass is 180 g/mol. The first-order valence-corrected chi connectivity index (χ1v) is 4.47. The summed E-state index contributed by atoms with van der Waals surface area (Å²) >= 11 is 0. The molecule has 0 fully saturated rings. The molecule has 0 aliphatic rings. The lowest BCUT2D eigenvalue weighted by Gasteiger charge is -2.10. The summed E-state index contributed by atoms with van der Waals surface area (Å²) in [5.74, 6) is 0.892. The number of ether oxygens (including phenoxy) is 2. The first-order valence-electron chi connectivity index (χ1n) is 4.47. The number of benzene rings is 1. The second-order valence-electron chi connectivity index (χ2n) is 3.17. The third-order valence-electron chi connectivity index (χ3n) is 1.76. The SMILES string of the molecule is COc1ccccc1COC(C)C. The molecule has 13 heavy (non-hydrogen) atoms. The van der Waals surface area contributed by atoms with E-state index in [0.29, 0.717) is 6.61 Å². The molecule has 2 nitrogen and oxygen atoms in total. The van der Waals surface area contributed by atoms with Gasteiger partial charge in [0.15, 0.2) is 0 Å². The summed E-state index contributed by atoms with van der Waals surface area (Å²) in [6, 6.07) is 7.90. The van der Waals surface area contributed by atoms with Crippen LogP contribution in [0.15, 0.2) is 24.3 Å². The van der Waals surface area contributed by atoms with Gasteiger partial charge in [-0.25, -0.2) is 0 Å². The molecular weight excluding hydrogens is 164 g/mol. The standard InChI is InChI=1S/C11H16O2/c1-9(2)13-8-10-6-4-5-7-11(10)12-3/h4-7,9H,8H2,1-3H3. The number of methoxy groups -OCH3 is 1. The molecule has 0 saturated heterocycles. The Morgan fingerprint density at radius 2 is 1.92 bits per heavy atom. The summed E-state index contributed by atoms with van der Waals surface area (Å²) < 4.78 is 10.7. The number of rotatable bonds is 4. The van der Waals surface area contributed by atoms with Crippen molar-refractivity contribution in [2.45, 2.75) is 26.6 Å². The predicted molar refractivity (Wildman–Crippen MR) is 52.9 cm³/mol. The van der Waals surface area contributed by atoms with E-state index < -0.39 is 0 Å². The van der Waals surface area contributed by atoms with Crippen molar-refractivity contribution in [1.29, 1.82) is 0 Å². The molecule has 0 unspecified atom stereocenters. The Morgan fingerprint density at radius 3 is 2.54 bits per heavy atom. The molecule has 72 valence electrons. The van der Waals surface area contributed by atoms with Crippen LogP contribution >= 0.6 is 0 Å². The third-order valence-corrected chi connectivity index (χ3v) is 1.76. The third kappa shape index (κ3) is 3.07. The zero-order valence-corrected chi connectivity index (χ0v) is 8.41. The van der Waals surface area contributed by atoms with E-state index in [0.717, 1.165) is 11.3 Å². The van der Waals surface area contributed by atoms with Crippen LogP contribution < -0.4 is 4.74 Å². The minimum absolute atomic E-state index is 0.255. The normalized spacial score (nSPS) is 10.5. The van der Waals surface area contributed by atoms with E-state index in [1.54, 1.807) is 7.11 Å². The number of hydrogen-bond donors (Lipinski definition) is 0. The van der Waals surface area contributed by atoms with Crippen molar-refractivity contribution in [2.24, 2.45) is 0 Å². The summed E-state index contributed by atoms with van der Waals surface area (Å²) in [6.07, 6.45) is 0.255. The van der Waals surface area contributed by atoms with Crippen molar-refractivity contribution in [3.05, 3.63) is 29.8 Å². The largest absolute Gasteiger partial charge is 0.496 e. The highest BCUT2D eigenvalue weighted by Gasteiger charge is 2.01. The van der Waals surface area contributed by atoms with E-state index in [1.165, 1.54) is 0 Å². The van der Waals surface area contributed by atoms with Crippen molar-refractivity contribution in [3.8, 4) is 5.75 Å². The van der Waals surface area contributed by atoms with E-state index in [-0.39, 0.29) is 6.10 Å². The van der Waals surface area contributed by atoms with Crippen LogP contribution in [0, 0.1) is 0 Å². The molecule has 0 N–H and O–H groups in total. The average molecular weight is 180 g/mol. The average Bonchev–Trinajstić information content (AvgIpc) is 2.15. The molecule has 1 aromatic carbocycles. The highest BCUT2D eigenvalue weighted by Crippen LogP contribution is 2.18. The van der Waals surface area contributed by atoms with Gasteiger partial charge in [-0.1, -0.05) is 18.2 Å². The van der Waals surface area contributed by atoms with Gasteiger partial charge >= 0.3 is 0 Å². The van der Waals surface area contributed by atoms with Gasteiger partial charge in [0.2, 0.25) is 0 Å². The first-order chi connectivity index (χ1) is 6.24. The predicted octanol–water partition coefficient (Wildman–Crippen LogP) is 2.62. The molecule has 0 amide bonds. The molecule has 1 rings (SSSR count). The van der Waals surface area contributed by atoms with Gasteiger partial charge in [0, 0.05) is 5.56 Å². The Kier molecular flexibility index (Phi) is 3.77. The van der Waals surface area contributed by atoms with Gasteiger partial charge in [-0.2, -0.15) is 0 Å². The highest BCUT2D eigenvalue weighted by atomic mass is 16.5. The van der Waals surface area contributed by atoms with E-state index >= 15 is 0 Å². The Labute approximate surface area is 79.5 Å². The molecule has 0 heterocycles. The molecule has 0 aliphatic carbocycles. The maximum absolute atomic E-state index is 5.49. The zero-order valence-electron chi connectivity index (χ0n) is 8.41. The van der Waals surface area contributed by atoms with Crippen molar-refractivity contribution in [1.82, 2.24) is 0 Å². The molecule has 0 aliphatic heterocycles. The molecule has 0 radical (unpaired) electrons. The molecule has 0 aromatic heterocycles.